The van der Waals surface area contributed by atoms with E-state index in [1.807, 2.05) is 17.0 Å². The summed E-state index contributed by atoms with van der Waals surface area (Å²) in [6.45, 7) is 2.49. The highest BCUT2D eigenvalue weighted by Gasteiger charge is 2.18. The van der Waals surface area contributed by atoms with Crippen LogP contribution in [-0.2, 0) is 9.57 Å². The third-order valence-corrected chi connectivity index (χ3v) is 4.22. The monoisotopic (exact) mass is 393 g/mol. The zero-order valence-corrected chi connectivity index (χ0v) is 15.3. The average molecular weight is 394 g/mol. The number of amides is 1. The third kappa shape index (κ3) is 5.11. The number of nitrogens with zero attached hydrogens (tertiary/aromatic N) is 2. The molecule has 0 radical (unpaired) electrons. The van der Waals surface area contributed by atoms with Gasteiger partial charge in [-0.05, 0) is 48.5 Å². The van der Waals surface area contributed by atoms with Crippen molar-refractivity contribution in [1.82, 2.24) is 4.90 Å². The Bertz CT molecular complexity index is 773. The largest absolute Gasteiger partial charge is 0.437 e. The summed E-state index contributed by atoms with van der Waals surface area (Å²) >= 11 is 11.8. The number of carbonyl (C=O) groups is 1. The van der Waals surface area contributed by atoms with E-state index in [1.165, 1.54) is 0 Å². The van der Waals surface area contributed by atoms with Crippen LogP contribution in [-0.4, -0.2) is 43.1 Å². The van der Waals surface area contributed by atoms with Gasteiger partial charge in [0.15, 0.2) is 5.84 Å². The molecule has 1 fully saturated rings. The number of ether oxygens (including phenoxy) is 1. The van der Waals surface area contributed by atoms with Crippen LogP contribution in [0.3, 0.4) is 0 Å². The van der Waals surface area contributed by atoms with Gasteiger partial charge in [-0.15, -0.1) is 0 Å². The molecule has 1 saturated heterocycles. The smallest absolute Gasteiger partial charge is 0.378 e. The number of anilines is 1. The second kappa shape index (κ2) is 8.89. The van der Waals surface area contributed by atoms with Crippen molar-refractivity contribution in [1.29, 1.82) is 0 Å². The summed E-state index contributed by atoms with van der Waals surface area (Å²) in [4.78, 5) is 19.1. The van der Waals surface area contributed by atoms with Gasteiger partial charge in [0.2, 0.25) is 0 Å². The molecule has 1 aliphatic rings. The third-order valence-electron chi connectivity index (χ3n) is 3.72. The number of oxime groups is 1. The molecule has 6 nitrogen and oxygen atoms in total. The van der Waals surface area contributed by atoms with Crippen LogP contribution < -0.4 is 5.32 Å². The van der Waals surface area contributed by atoms with E-state index in [0.29, 0.717) is 47.9 Å². The first-order valence-corrected chi connectivity index (χ1v) is 8.77. The van der Waals surface area contributed by atoms with Crippen LogP contribution in [0.2, 0.25) is 10.0 Å². The van der Waals surface area contributed by atoms with Crippen LogP contribution in [0, 0.1) is 0 Å². The molecule has 0 bridgehead atoms. The lowest BCUT2D eigenvalue weighted by atomic mass is 10.2. The average Bonchev–Trinajstić information content (AvgIpc) is 2.66. The molecule has 26 heavy (non-hydrogen) atoms. The Kier molecular flexibility index (Phi) is 6.33. The molecule has 0 atom stereocenters. The molecule has 136 valence electrons. The first kappa shape index (κ1) is 18.5. The van der Waals surface area contributed by atoms with Crippen LogP contribution in [0.25, 0.3) is 0 Å². The maximum atomic E-state index is 12.0. The van der Waals surface area contributed by atoms with E-state index >= 15 is 0 Å². The van der Waals surface area contributed by atoms with E-state index in [2.05, 4.69) is 10.5 Å². The quantitative estimate of drug-likeness (QED) is 0.366. The summed E-state index contributed by atoms with van der Waals surface area (Å²) in [5.74, 6) is 0.552. The predicted molar refractivity (Wildman–Crippen MR) is 102 cm³/mol. The zero-order valence-electron chi connectivity index (χ0n) is 13.8. The normalized spacial score (nSPS) is 14.8. The summed E-state index contributed by atoms with van der Waals surface area (Å²) in [7, 11) is 0. The Labute approximate surface area is 161 Å². The molecule has 1 N–H and O–H groups in total. The van der Waals surface area contributed by atoms with E-state index in [1.54, 1.807) is 36.4 Å². The first-order chi connectivity index (χ1) is 12.6. The van der Waals surface area contributed by atoms with Crippen molar-refractivity contribution in [2.45, 2.75) is 0 Å². The van der Waals surface area contributed by atoms with Crippen molar-refractivity contribution in [2.24, 2.45) is 5.16 Å². The lowest BCUT2D eigenvalue weighted by Crippen LogP contribution is -2.41. The highest BCUT2D eigenvalue weighted by Crippen LogP contribution is 2.15. The van der Waals surface area contributed by atoms with E-state index in [9.17, 15) is 4.79 Å². The van der Waals surface area contributed by atoms with Crippen molar-refractivity contribution < 1.29 is 14.4 Å². The molecule has 0 unspecified atom stereocenters. The maximum absolute atomic E-state index is 12.0. The molecular formula is C18H17Cl2N3O3. The number of carbonyl (C=O) groups excluding carboxylic acids is 1. The Hall–Kier alpha value is -2.28. The number of halogens is 2. The van der Waals surface area contributed by atoms with Gasteiger partial charge in [-0.1, -0.05) is 28.4 Å². The summed E-state index contributed by atoms with van der Waals surface area (Å²) in [5, 5.41) is 7.87. The van der Waals surface area contributed by atoms with Gasteiger partial charge < -0.3 is 9.64 Å². The standard InChI is InChI=1S/C18H17Cl2N3O3/c19-14-3-1-13(2-4-14)17(23-9-11-25-12-10-23)22-26-18(24)21-16-7-5-15(20)6-8-16/h1-8H,9-12H2,(H,21,24). The molecule has 2 aromatic carbocycles. The summed E-state index contributed by atoms with van der Waals surface area (Å²) in [6, 6.07) is 13.9. The number of hydrogen-bond donors (Lipinski definition) is 1. The van der Waals surface area contributed by atoms with Crippen molar-refractivity contribution in [3.63, 3.8) is 0 Å². The highest BCUT2D eigenvalue weighted by molar-refractivity contribution is 6.31. The molecule has 0 aliphatic carbocycles. The number of benzene rings is 2. The fraction of sp³-hybridized carbons (Fsp3) is 0.222. The van der Waals surface area contributed by atoms with Crippen LogP contribution in [0.4, 0.5) is 10.5 Å². The van der Waals surface area contributed by atoms with Crippen LogP contribution >= 0.6 is 23.2 Å². The van der Waals surface area contributed by atoms with Crippen molar-refractivity contribution in [2.75, 3.05) is 31.6 Å². The molecule has 8 heteroatoms. The van der Waals surface area contributed by atoms with Gasteiger partial charge in [0.1, 0.15) is 0 Å². The summed E-state index contributed by atoms with van der Waals surface area (Å²) < 4.78 is 5.37. The van der Waals surface area contributed by atoms with Gasteiger partial charge in [0.05, 0.1) is 13.2 Å². The predicted octanol–water partition coefficient (Wildman–Crippen LogP) is 4.24. The zero-order chi connectivity index (χ0) is 18.4. The molecular weight excluding hydrogens is 377 g/mol. The van der Waals surface area contributed by atoms with Gasteiger partial charge >= 0.3 is 6.09 Å². The van der Waals surface area contributed by atoms with Crippen molar-refractivity contribution in [3.8, 4) is 0 Å². The minimum atomic E-state index is -0.688. The fourth-order valence-corrected chi connectivity index (χ4v) is 2.68. The van der Waals surface area contributed by atoms with Crippen molar-refractivity contribution in [3.05, 3.63) is 64.1 Å². The molecule has 2 aromatic rings. The molecule has 0 aromatic heterocycles. The molecule has 1 amide bonds. The lowest BCUT2D eigenvalue weighted by Gasteiger charge is -2.29. The minimum Gasteiger partial charge on any atom is -0.378 e. The van der Waals surface area contributed by atoms with Gasteiger partial charge in [0, 0.05) is 34.4 Å². The number of nitrogens with one attached hydrogen (secondary N) is 1. The van der Waals surface area contributed by atoms with Crippen molar-refractivity contribution >= 4 is 40.8 Å². The maximum Gasteiger partial charge on any atom is 0.437 e. The second-order valence-corrected chi connectivity index (χ2v) is 6.40. The molecule has 1 aliphatic heterocycles. The van der Waals surface area contributed by atoms with E-state index < -0.39 is 6.09 Å². The van der Waals surface area contributed by atoms with Gasteiger partial charge in [-0.3, -0.25) is 10.2 Å². The first-order valence-electron chi connectivity index (χ1n) is 8.02. The summed E-state index contributed by atoms with van der Waals surface area (Å²) in [5.41, 5.74) is 1.37. The molecule has 3 rings (SSSR count). The van der Waals surface area contributed by atoms with Crippen LogP contribution in [0.15, 0.2) is 53.7 Å². The Morgan fingerprint density at radius 3 is 2.19 bits per heavy atom. The molecule has 1 heterocycles. The Morgan fingerprint density at radius 2 is 1.58 bits per heavy atom. The van der Waals surface area contributed by atoms with Gasteiger partial charge in [0.25, 0.3) is 0 Å². The highest BCUT2D eigenvalue weighted by atomic mass is 35.5. The SMILES string of the molecule is O=C(Nc1ccc(Cl)cc1)ON=C(c1ccc(Cl)cc1)N1CCOCC1. The Balaban J connectivity index is 1.73. The lowest BCUT2D eigenvalue weighted by molar-refractivity contribution is 0.0664. The van der Waals surface area contributed by atoms with Gasteiger partial charge in [-0.2, -0.15) is 0 Å². The number of hydrogen-bond acceptors (Lipinski definition) is 4. The van der Waals surface area contributed by atoms with Crippen LogP contribution in [0.1, 0.15) is 5.56 Å². The minimum absolute atomic E-state index is 0.552. The number of rotatable bonds is 3. The number of morpholine rings is 1. The topological polar surface area (TPSA) is 63.2 Å². The summed E-state index contributed by atoms with van der Waals surface area (Å²) in [6.07, 6.45) is -0.688. The molecule has 0 spiro atoms. The van der Waals surface area contributed by atoms with Gasteiger partial charge in [-0.25, -0.2) is 4.79 Å². The fourth-order valence-electron chi connectivity index (χ4n) is 2.43. The number of amidine groups is 1. The molecule has 0 saturated carbocycles. The Morgan fingerprint density at radius 1 is 1.00 bits per heavy atom. The van der Waals surface area contributed by atoms with E-state index in [-0.39, 0.29) is 0 Å². The second-order valence-electron chi connectivity index (χ2n) is 5.53. The van der Waals surface area contributed by atoms with E-state index in [0.717, 1.165) is 5.56 Å². The van der Waals surface area contributed by atoms with E-state index in [4.69, 9.17) is 32.8 Å². The van der Waals surface area contributed by atoms with Crippen LogP contribution in [0.5, 0.6) is 0 Å².